The fraction of sp³-hybridized carbons (Fsp3) is 1.00. The van der Waals surface area contributed by atoms with E-state index in [-0.39, 0.29) is 12.2 Å². The van der Waals surface area contributed by atoms with E-state index in [1.54, 1.807) is 0 Å². The highest BCUT2D eigenvalue weighted by Crippen LogP contribution is 2.44. The van der Waals surface area contributed by atoms with Gasteiger partial charge in [-0.25, -0.2) is 0 Å². The second-order valence-electron chi connectivity index (χ2n) is 18.0. The highest BCUT2D eigenvalue weighted by atomic mass is 16.6. The predicted octanol–water partition coefficient (Wildman–Crippen LogP) is 4.04. The summed E-state index contributed by atoms with van der Waals surface area (Å²) >= 11 is 0. The fourth-order valence-corrected chi connectivity index (χ4v) is 8.89. The molecule has 0 radical (unpaired) electrons. The predicted molar refractivity (Wildman–Crippen MR) is 197 cm³/mol. The van der Waals surface area contributed by atoms with Gasteiger partial charge in [-0.15, -0.1) is 0 Å². The third-order valence-electron chi connectivity index (χ3n) is 13.1. The highest BCUT2D eigenvalue weighted by molar-refractivity contribution is 4.96. The van der Waals surface area contributed by atoms with Crippen LogP contribution >= 0.6 is 0 Å². The van der Waals surface area contributed by atoms with Crippen molar-refractivity contribution in [3.63, 3.8) is 0 Å². The van der Waals surface area contributed by atoms with Gasteiger partial charge in [0.1, 0.15) is 24.4 Å². The normalized spacial score (nSPS) is 45.6. The molecule has 0 N–H and O–H groups in total. The first-order valence-electron chi connectivity index (χ1n) is 22.2. The molecule has 0 aromatic heterocycles. The molecule has 8 aliphatic heterocycles. The molecule has 8 saturated heterocycles. The first-order chi connectivity index (χ1) is 27.2. The lowest BCUT2D eigenvalue weighted by Crippen LogP contribution is -2.36. The minimum Gasteiger partial charge on any atom is -0.381 e. The van der Waals surface area contributed by atoms with Crippen LogP contribution in [0.15, 0.2) is 0 Å². The Bertz CT molecular complexity index is 1080. The van der Waals surface area contributed by atoms with Gasteiger partial charge in [-0.3, -0.25) is 0 Å². The molecule has 8 heterocycles. The third kappa shape index (κ3) is 14.3. The monoisotopic (exact) mass is 780 g/mol. The lowest BCUT2D eigenvalue weighted by molar-refractivity contribution is -0.0968. The molecule has 0 spiro atoms. The van der Waals surface area contributed by atoms with Gasteiger partial charge in [-0.05, 0) is 88.4 Å². The molecule has 0 aromatic carbocycles. The Labute approximate surface area is 327 Å². The summed E-state index contributed by atoms with van der Waals surface area (Å²) < 4.78 is 70.3. The van der Waals surface area contributed by atoms with Crippen molar-refractivity contribution in [2.24, 2.45) is 17.8 Å². The molecular formula is C42H68O13. The van der Waals surface area contributed by atoms with Crippen LogP contribution in [0.3, 0.4) is 0 Å². The Morgan fingerprint density at radius 1 is 0.364 bits per heavy atom. The molecular weight excluding hydrogens is 712 g/mol. The van der Waals surface area contributed by atoms with Crippen LogP contribution in [0.1, 0.15) is 83.5 Å². The van der Waals surface area contributed by atoms with E-state index >= 15 is 0 Å². The summed E-state index contributed by atoms with van der Waals surface area (Å²) in [6.07, 6.45) is 22.6. The van der Waals surface area contributed by atoms with Gasteiger partial charge >= 0.3 is 0 Å². The van der Waals surface area contributed by atoms with Crippen LogP contribution < -0.4 is 0 Å². The van der Waals surface area contributed by atoms with E-state index in [1.807, 2.05) is 0 Å². The van der Waals surface area contributed by atoms with Crippen molar-refractivity contribution in [1.29, 1.82) is 0 Å². The maximum atomic E-state index is 5.94. The molecule has 0 amide bonds. The lowest BCUT2D eigenvalue weighted by atomic mass is 9.87. The fourth-order valence-electron chi connectivity index (χ4n) is 8.89. The second-order valence-corrected chi connectivity index (χ2v) is 18.0. The van der Waals surface area contributed by atoms with Crippen molar-refractivity contribution >= 4 is 0 Å². The number of hydrogen-bond donors (Lipinski definition) is 0. The molecule has 55 heavy (non-hydrogen) atoms. The molecule has 12 aliphatic rings. The second kappa shape index (κ2) is 19.7. The van der Waals surface area contributed by atoms with Crippen LogP contribution in [0.25, 0.3) is 0 Å². The van der Waals surface area contributed by atoms with Crippen molar-refractivity contribution in [2.45, 2.75) is 163 Å². The van der Waals surface area contributed by atoms with Crippen LogP contribution in [0.2, 0.25) is 0 Å². The summed E-state index contributed by atoms with van der Waals surface area (Å²) in [5.74, 6) is 2.35. The zero-order valence-corrected chi connectivity index (χ0v) is 32.9. The van der Waals surface area contributed by atoms with Gasteiger partial charge in [-0.2, -0.15) is 0 Å². The average Bonchev–Trinajstić information content (AvgIpc) is 4.01. The molecule has 0 aromatic rings. The van der Waals surface area contributed by atoms with E-state index in [2.05, 4.69) is 0 Å². The van der Waals surface area contributed by atoms with E-state index in [1.165, 1.54) is 70.6 Å². The lowest BCUT2D eigenvalue weighted by Gasteiger charge is -2.31. The highest BCUT2D eigenvalue weighted by Gasteiger charge is 2.48. The number of ether oxygens (including phenoxy) is 13. The van der Waals surface area contributed by atoms with Crippen molar-refractivity contribution in [2.75, 3.05) is 85.9 Å². The molecule has 12 rings (SSSR count). The summed E-state index contributed by atoms with van der Waals surface area (Å²) in [5, 5.41) is 0. The maximum absolute atomic E-state index is 5.94. The summed E-state index contributed by atoms with van der Waals surface area (Å²) in [7, 11) is 0. The van der Waals surface area contributed by atoms with Gasteiger partial charge in [0, 0.05) is 13.2 Å². The van der Waals surface area contributed by atoms with Gasteiger partial charge < -0.3 is 61.6 Å². The zero-order chi connectivity index (χ0) is 36.8. The summed E-state index contributed by atoms with van der Waals surface area (Å²) in [5.41, 5.74) is 0. The molecule has 13 heteroatoms. The van der Waals surface area contributed by atoms with Gasteiger partial charge in [0.25, 0.3) is 0 Å². The van der Waals surface area contributed by atoms with Crippen molar-refractivity contribution in [3.05, 3.63) is 0 Å². The summed E-state index contributed by atoms with van der Waals surface area (Å²) in [4.78, 5) is 0. The molecule has 13 nitrogen and oxygen atoms in total. The SMILES string of the molecule is C(COCC1CO1)OCC1CO1.C1CC2OC2CC1C1CO1.C1CC2OC2CC1COCC1CCC2OC2C1.C1CCC(OCC2CO2)C(OCC2CO2)C1. The minimum atomic E-state index is 0.275. The molecule has 12 fully saturated rings. The number of hydrogen-bond acceptors (Lipinski definition) is 13. The van der Waals surface area contributed by atoms with E-state index in [0.717, 1.165) is 90.1 Å². The smallest absolute Gasteiger partial charge is 0.104 e. The Kier molecular flexibility index (Phi) is 14.3. The van der Waals surface area contributed by atoms with E-state index in [9.17, 15) is 0 Å². The van der Waals surface area contributed by atoms with E-state index in [4.69, 9.17) is 61.6 Å². The Balaban J connectivity index is 0.0000000981. The van der Waals surface area contributed by atoms with Crippen LogP contribution in [0, 0.1) is 17.8 Å². The largest absolute Gasteiger partial charge is 0.381 e. The van der Waals surface area contributed by atoms with Gasteiger partial charge in [-0.1, -0.05) is 12.8 Å². The van der Waals surface area contributed by atoms with Crippen LogP contribution in [0.5, 0.6) is 0 Å². The first-order valence-corrected chi connectivity index (χ1v) is 22.2. The Hall–Kier alpha value is -0.520. The van der Waals surface area contributed by atoms with Crippen LogP contribution in [-0.4, -0.2) is 165 Å². The number of rotatable bonds is 18. The van der Waals surface area contributed by atoms with Gasteiger partial charge in [0.15, 0.2) is 0 Å². The van der Waals surface area contributed by atoms with Gasteiger partial charge in [0.2, 0.25) is 0 Å². The van der Waals surface area contributed by atoms with Crippen LogP contribution in [-0.2, 0) is 61.6 Å². The first kappa shape index (κ1) is 39.9. The topological polar surface area (TPSA) is 146 Å². The summed E-state index contributed by atoms with van der Waals surface area (Å²) in [6.45, 7) is 10.6. The molecule has 16 atom stereocenters. The number of epoxide rings is 8. The van der Waals surface area contributed by atoms with Crippen LogP contribution in [0.4, 0.5) is 0 Å². The van der Waals surface area contributed by atoms with Gasteiger partial charge in [0.05, 0.1) is 128 Å². The third-order valence-corrected chi connectivity index (χ3v) is 13.1. The molecule has 4 aliphatic carbocycles. The number of fused-ring (bicyclic) bond motifs is 3. The standard InChI is InChI=1S/C14H22O3.C12H20O4.C8H14O4.C8H12O2/c1-3-11-13(16-11)5-9(1)7-15-8-10-2-4-12-14(6-10)17-12;1-2-4-12(16-8-10-6-14-10)11(3-1)15-7-9-5-13-9;1(9-3-7-5-11-7)2-10-4-8-6-12-8;1-2-6-7(10-6)3-5(1)8-4-9-8/h9-14H,1-8H2;9-12H,1-8H2;7-8H,1-6H2;5-8H,1-4H2. The average molecular weight is 781 g/mol. The Morgan fingerprint density at radius 2 is 0.800 bits per heavy atom. The molecule has 0 bridgehead atoms. The Morgan fingerprint density at radius 3 is 1.22 bits per heavy atom. The van der Waals surface area contributed by atoms with Crippen molar-refractivity contribution in [1.82, 2.24) is 0 Å². The maximum Gasteiger partial charge on any atom is 0.104 e. The van der Waals surface area contributed by atoms with E-state index < -0.39 is 0 Å². The minimum absolute atomic E-state index is 0.275. The molecule has 314 valence electrons. The quantitative estimate of drug-likeness (QED) is 0.146. The van der Waals surface area contributed by atoms with Crippen molar-refractivity contribution in [3.8, 4) is 0 Å². The summed E-state index contributed by atoms with van der Waals surface area (Å²) in [6, 6.07) is 0. The van der Waals surface area contributed by atoms with E-state index in [0.29, 0.717) is 93.6 Å². The molecule has 16 unspecified atom stereocenters. The van der Waals surface area contributed by atoms with Crippen molar-refractivity contribution < 1.29 is 61.6 Å². The zero-order valence-electron chi connectivity index (χ0n) is 32.9. The molecule has 4 saturated carbocycles.